The van der Waals surface area contributed by atoms with Crippen LogP contribution in [0.2, 0.25) is 0 Å². The number of ether oxygens (including phenoxy) is 1. The molecule has 2 atom stereocenters. The minimum atomic E-state index is -0.516. The normalized spacial score (nSPS) is 12.7. The monoisotopic (exact) mass is 410 g/mol. The predicted molar refractivity (Wildman–Crippen MR) is 120 cm³/mol. The van der Waals surface area contributed by atoms with Crippen LogP contribution < -0.4 is 10.1 Å². The summed E-state index contributed by atoms with van der Waals surface area (Å²) in [6, 6.07) is 15.1. The molecule has 0 bridgehead atoms. The number of rotatable bonds is 10. The molecule has 5 heteroatoms. The Balaban J connectivity index is 2.30. The highest BCUT2D eigenvalue weighted by Gasteiger charge is 2.29. The van der Waals surface area contributed by atoms with Crippen LogP contribution in [0.5, 0.6) is 5.75 Å². The van der Waals surface area contributed by atoms with Crippen LogP contribution in [0.15, 0.2) is 48.5 Å². The third kappa shape index (κ3) is 6.34. The average Bonchev–Trinajstić information content (AvgIpc) is 2.75. The molecular weight excluding hydrogens is 376 g/mol. The maximum atomic E-state index is 13.4. The number of nitrogens with zero attached hydrogens (tertiary/aromatic N) is 1. The molecule has 30 heavy (non-hydrogen) atoms. The molecule has 0 unspecified atom stereocenters. The Labute approximate surface area is 180 Å². The van der Waals surface area contributed by atoms with Gasteiger partial charge in [0.2, 0.25) is 11.8 Å². The van der Waals surface area contributed by atoms with Crippen molar-refractivity contribution in [3.63, 3.8) is 0 Å². The van der Waals surface area contributed by atoms with Crippen molar-refractivity contribution in [1.82, 2.24) is 10.2 Å². The highest BCUT2D eigenvalue weighted by Crippen LogP contribution is 2.18. The molecule has 0 radical (unpaired) electrons. The Hall–Kier alpha value is -2.82. The molecule has 0 spiro atoms. The van der Waals surface area contributed by atoms with Crippen LogP contribution in [0.25, 0.3) is 0 Å². The third-order valence-electron chi connectivity index (χ3n) is 5.50. The maximum Gasteiger partial charge on any atom is 0.243 e. The number of aryl methyl sites for hydroxylation is 1. The second kappa shape index (κ2) is 11.4. The molecule has 0 saturated heterocycles. The number of hydrogen-bond donors (Lipinski definition) is 1. The van der Waals surface area contributed by atoms with Crippen LogP contribution in [0.4, 0.5) is 0 Å². The number of nitrogens with one attached hydrogen (secondary N) is 1. The van der Waals surface area contributed by atoms with Crippen LogP contribution in [0, 0.1) is 6.92 Å². The van der Waals surface area contributed by atoms with Gasteiger partial charge in [-0.2, -0.15) is 0 Å². The molecule has 0 saturated carbocycles. The Morgan fingerprint density at radius 1 is 1.03 bits per heavy atom. The highest BCUT2D eigenvalue weighted by molar-refractivity contribution is 5.88. The van der Waals surface area contributed by atoms with Crippen LogP contribution in [-0.4, -0.2) is 35.9 Å². The second-order valence-electron chi connectivity index (χ2n) is 7.71. The lowest BCUT2D eigenvalue weighted by molar-refractivity contribution is -0.141. The summed E-state index contributed by atoms with van der Waals surface area (Å²) in [4.78, 5) is 28.1. The molecule has 0 heterocycles. The summed E-state index contributed by atoms with van der Waals surface area (Å²) in [5.41, 5.74) is 3.02. The van der Waals surface area contributed by atoms with Gasteiger partial charge in [0.1, 0.15) is 11.8 Å². The summed E-state index contributed by atoms with van der Waals surface area (Å²) >= 11 is 0. The molecule has 0 aliphatic carbocycles. The van der Waals surface area contributed by atoms with Crippen molar-refractivity contribution in [2.75, 3.05) is 7.11 Å². The van der Waals surface area contributed by atoms with Gasteiger partial charge in [-0.05, 0) is 55.5 Å². The average molecular weight is 411 g/mol. The Bertz CT molecular complexity index is 833. The van der Waals surface area contributed by atoms with Crippen LogP contribution >= 0.6 is 0 Å². The Morgan fingerprint density at radius 2 is 1.70 bits per heavy atom. The van der Waals surface area contributed by atoms with E-state index >= 15 is 0 Å². The molecule has 0 fully saturated rings. The van der Waals surface area contributed by atoms with Gasteiger partial charge in [0.25, 0.3) is 0 Å². The molecule has 0 aliphatic heterocycles. The Morgan fingerprint density at radius 3 is 2.27 bits per heavy atom. The fourth-order valence-electron chi connectivity index (χ4n) is 3.36. The van der Waals surface area contributed by atoms with Crippen LogP contribution in [-0.2, 0) is 22.6 Å². The molecule has 2 aromatic rings. The lowest BCUT2D eigenvalue weighted by Gasteiger charge is -2.31. The van der Waals surface area contributed by atoms with Gasteiger partial charge in [-0.15, -0.1) is 0 Å². The van der Waals surface area contributed by atoms with E-state index in [1.54, 1.807) is 12.0 Å². The summed E-state index contributed by atoms with van der Waals surface area (Å²) in [6.45, 7) is 8.34. The lowest BCUT2D eigenvalue weighted by Crippen LogP contribution is -2.51. The quantitative estimate of drug-likeness (QED) is 0.636. The molecule has 2 rings (SSSR count). The van der Waals surface area contributed by atoms with Crippen molar-refractivity contribution >= 4 is 11.8 Å². The molecule has 0 aromatic heterocycles. The van der Waals surface area contributed by atoms with Gasteiger partial charge in [0.05, 0.1) is 13.5 Å². The van der Waals surface area contributed by atoms with Gasteiger partial charge in [0, 0.05) is 12.6 Å². The fourth-order valence-corrected chi connectivity index (χ4v) is 3.36. The molecular formula is C25H34N2O3. The minimum absolute atomic E-state index is 0.0498. The first kappa shape index (κ1) is 23.5. The highest BCUT2D eigenvalue weighted by atomic mass is 16.5. The maximum absolute atomic E-state index is 13.4. The lowest BCUT2D eigenvalue weighted by atomic mass is 10.0. The van der Waals surface area contributed by atoms with Crippen molar-refractivity contribution in [2.24, 2.45) is 0 Å². The summed E-state index contributed by atoms with van der Waals surface area (Å²) in [5, 5.41) is 3.04. The number of methoxy groups -OCH3 is 1. The molecule has 2 aromatic carbocycles. The smallest absolute Gasteiger partial charge is 0.243 e. The first-order valence-electron chi connectivity index (χ1n) is 10.7. The van der Waals surface area contributed by atoms with E-state index in [9.17, 15) is 9.59 Å². The summed E-state index contributed by atoms with van der Waals surface area (Å²) < 4.78 is 5.23. The third-order valence-corrected chi connectivity index (χ3v) is 5.50. The van der Waals surface area contributed by atoms with E-state index in [2.05, 4.69) is 5.32 Å². The van der Waals surface area contributed by atoms with Crippen molar-refractivity contribution in [1.29, 1.82) is 0 Å². The zero-order valence-electron chi connectivity index (χ0n) is 18.8. The van der Waals surface area contributed by atoms with E-state index < -0.39 is 6.04 Å². The van der Waals surface area contributed by atoms with Crippen LogP contribution in [0.1, 0.15) is 50.3 Å². The summed E-state index contributed by atoms with van der Waals surface area (Å²) in [6.07, 6.45) is 1.67. The van der Waals surface area contributed by atoms with Gasteiger partial charge < -0.3 is 15.0 Å². The molecule has 0 aliphatic rings. The van der Waals surface area contributed by atoms with Crippen molar-refractivity contribution in [2.45, 2.75) is 65.6 Å². The molecule has 162 valence electrons. The zero-order valence-corrected chi connectivity index (χ0v) is 18.8. The van der Waals surface area contributed by atoms with Gasteiger partial charge in [0.15, 0.2) is 0 Å². The number of benzene rings is 2. The number of amides is 2. The number of carbonyl (C=O) groups excluding carboxylic acids is 2. The first-order valence-corrected chi connectivity index (χ1v) is 10.7. The van der Waals surface area contributed by atoms with E-state index in [4.69, 9.17) is 4.74 Å². The van der Waals surface area contributed by atoms with E-state index in [0.29, 0.717) is 13.0 Å². The van der Waals surface area contributed by atoms with Gasteiger partial charge >= 0.3 is 0 Å². The number of hydrogen-bond acceptors (Lipinski definition) is 3. The molecule has 2 amide bonds. The van der Waals surface area contributed by atoms with Crippen molar-refractivity contribution in [3.05, 3.63) is 65.2 Å². The first-order chi connectivity index (χ1) is 14.4. The zero-order chi connectivity index (χ0) is 22.1. The van der Waals surface area contributed by atoms with Crippen molar-refractivity contribution < 1.29 is 14.3 Å². The van der Waals surface area contributed by atoms with Crippen LogP contribution in [0.3, 0.4) is 0 Å². The van der Waals surface area contributed by atoms with E-state index in [0.717, 1.165) is 28.9 Å². The van der Waals surface area contributed by atoms with E-state index in [1.807, 2.05) is 76.2 Å². The molecule has 1 N–H and O–H groups in total. The molecule has 5 nitrogen and oxygen atoms in total. The summed E-state index contributed by atoms with van der Waals surface area (Å²) in [5.74, 6) is 0.614. The topological polar surface area (TPSA) is 58.6 Å². The fraction of sp³-hybridized carbons (Fsp3) is 0.440. The minimum Gasteiger partial charge on any atom is -0.497 e. The Kier molecular flexibility index (Phi) is 8.90. The predicted octanol–water partition coefficient (Wildman–Crippen LogP) is 4.27. The van der Waals surface area contributed by atoms with Gasteiger partial charge in [-0.3, -0.25) is 9.59 Å². The SMILES string of the molecule is CC[C@@H](C)NC(=O)[C@H](CC)N(Cc1ccc(OC)cc1)C(=O)Cc1ccccc1C. The summed E-state index contributed by atoms with van der Waals surface area (Å²) in [7, 11) is 1.62. The number of carbonyl (C=O) groups is 2. The second-order valence-corrected chi connectivity index (χ2v) is 7.71. The standard InChI is InChI=1S/C25H34N2O3/c1-6-19(4)26-25(29)23(7-2)27(17-20-12-14-22(30-5)15-13-20)24(28)16-21-11-9-8-10-18(21)3/h8-15,19,23H,6-7,16-17H2,1-5H3,(H,26,29)/t19-,23+/m1/s1. The van der Waals surface area contributed by atoms with E-state index in [1.165, 1.54) is 0 Å². The van der Waals surface area contributed by atoms with Crippen molar-refractivity contribution in [3.8, 4) is 5.75 Å². The van der Waals surface area contributed by atoms with E-state index in [-0.39, 0.29) is 24.3 Å². The van der Waals surface area contributed by atoms with Gasteiger partial charge in [-0.25, -0.2) is 0 Å². The van der Waals surface area contributed by atoms with Gasteiger partial charge in [-0.1, -0.05) is 50.2 Å². The largest absolute Gasteiger partial charge is 0.497 e.